The fraction of sp³-hybridized carbons (Fsp3) is 0.292. The highest BCUT2D eigenvalue weighted by molar-refractivity contribution is 7.89. The number of hydrogen-bond donors (Lipinski definition) is 2. The van der Waals surface area contributed by atoms with E-state index in [2.05, 4.69) is 25.4 Å². The van der Waals surface area contributed by atoms with E-state index in [-0.39, 0.29) is 46.9 Å². The van der Waals surface area contributed by atoms with Gasteiger partial charge in [-0.1, -0.05) is 11.6 Å². The summed E-state index contributed by atoms with van der Waals surface area (Å²) in [5.41, 5.74) is 0.382. The van der Waals surface area contributed by atoms with E-state index in [1.807, 2.05) is 0 Å². The number of anilines is 5. The van der Waals surface area contributed by atoms with E-state index in [9.17, 15) is 39.6 Å². The first-order valence-electron chi connectivity index (χ1n) is 11.9. The van der Waals surface area contributed by atoms with Crippen molar-refractivity contribution in [3.8, 4) is 0 Å². The van der Waals surface area contributed by atoms with Gasteiger partial charge in [0, 0.05) is 30.4 Å². The Hall–Kier alpha value is -3.83. The molecule has 3 aromatic rings. The lowest BCUT2D eigenvalue weighted by molar-refractivity contribution is -0.219. The van der Waals surface area contributed by atoms with E-state index < -0.39 is 39.3 Å². The molecular formula is C24H21ClF6N6O4S. The average Bonchev–Trinajstić information content (AvgIpc) is 3.40. The first-order chi connectivity index (χ1) is 19.6. The van der Waals surface area contributed by atoms with E-state index in [1.54, 1.807) is 24.3 Å². The van der Waals surface area contributed by atoms with Gasteiger partial charge in [-0.2, -0.15) is 26.3 Å². The number of benzene rings is 2. The number of sulfonamides is 1. The van der Waals surface area contributed by atoms with Crippen LogP contribution in [-0.2, 0) is 19.7 Å². The summed E-state index contributed by atoms with van der Waals surface area (Å²) in [5, 5.41) is 6.26. The lowest BCUT2D eigenvalue weighted by atomic mass is 10.2. The topological polar surface area (TPSA) is 117 Å². The SMILES string of the molecule is CN(OC(=O)C(F)(F)F)S(=O)(=O)c1ccc(N2CCC[C@@H]2C(F)(F)F)c(Nc2cc(Nc3ccc(Cl)cc3)ncn2)c1. The molecule has 0 bridgehead atoms. The molecule has 2 N–H and O–H groups in total. The summed E-state index contributed by atoms with van der Waals surface area (Å²) in [6.07, 6.45) is -8.95. The third-order valence-electron chi connectivity index (χ3n) is 6.03. The third-order valence-corrected chi connectivity index (χ3v) is 7.89. The van der Waals surface area contributed by atoms with Crippen molar-refractivity contribution in [1.29, 1.82) is 0 Å². The summed E-state index contributed by atoms with van der Waals surface area (Å²) in [6.45, 7) is -0.0127. The summed E-state index contributed by atoms with van der Waals surface area (Å²) in [7, 11) is -4.32. The minimum atomic E-state index is -5.48. The van der Waals surface area contributed by atoms with Gasteiger partial charge in [-0.05, 0) is 59.8 Å². The van der Waals surface area contributed by atoms with E-state index in [1.165, 1.54) is 6.07 Å². The van der Waals surface area contributed by atoms with Crippen LogP contribution < -0.4 is 15.5 Å². The Morgan fingerprint density at radius 1 is 1.02 bits per heavy atom. The molecule has 0 saturated carbocycles. The van der Waals surface area contributed by atoms with Crippen molar-refractivity contribution in [2.75, 3.05) is 29.1 Å². The molecule has 1 aliphatic heterocycles. The Morgan fingerprint density at radius 3 is 2.29 bits per heavy atom. The third kappa shape index (κ3) is 7.14. The molecule has 0 unspecified atom stereocenters. The predicted octanol–water partition coefficient (Wildman–Crippen LogP) is 5.79. The van der Waals surface area contributed by atoms with Crippen molar-refractivity contribution in [2.24, 2.45) is 0 Å². The average molecular weight is 639 g/mol. The number of aromatic nitrogens is 2. The standard InChI is InChI=1S/C24H21ClF6N6O4S/c1-36(41-22(38)24(29,30)31)42(39,40)16-8-9-18(37-10-2-3-19(37)23(26,27)28)17(11-16)35-21-12-20(32-13-33-21)34-15-6-4-14(25)5-7-15/h4-9,11-13,19H,2-3,10H2,1H3,(H2,32,33,34,35)/t19-/m1/s1. The molecule has 1 atom stereocenters. The monoisotopic (exact) mass is 638 g/mol. The van der Waals surface area contributed by atoms with Crippen molar-refractivity contribution < 1.29 is 44.4 Å². The second-order valence-electron chi connectivity index (χ2n) is 8.91. The van der Waals surface area contributed by atoms with Crippen LogP contribution in [0.25, 0.3) is 0 Å². The molecule has 2 heterocycles. The number of hydrogen-bond acceptors (Lipinski definition) is 9. The molecule has 42 heavy (non-hydrogen) atoms. The molecule has 0 spiro atoms. The van der Waals surface area contributed by atoms with Gasteiger partial charge < -0.3 is 20.4 Å². The quantitative estimate of drug-likeness (QED) is 0.234. The number of alkyl halides is 6. The molecule has 4 rings (SSSR count). The first-order valence-corrected chi connectivity index (χ1v) is 13.7. The van der Waals surface area contributed by atoms with Gasteiger partial charge in [0.2, 0.25) is 0 Å². The predicted molar refractivity (Wildman–Crippen MR) is 140 cm³/mol. The number of rotatable bonds is 8. The zero-order valence-corrected chi connectivity index (χ0v) is 22.9. The summed E-state index contributed by atoms with van der Waals surface area (Å²) < 4.78 is 105. The Bertz CT molecular complexity index is 1560. The van der Waals surface area contributed by atoms with E-state index in [4.69, 9.17) is 11.6 Å². The molecule has 226 valence electrons. The molecular weight excluding hydrogens is 618 g/mol. The van der Waals surface area contributed by atoms with Gasteiger partial charge >= 0.3 is 18.3 Å². The fourth-order valence-electron chi connectivity index (χ4n) is 4.10. The number of halogens is 7. The Balaban J connectivity index is 1.71. The van der Waals surface area contributed by atoms with Crippen LogP contribution >= 0.6 is 11.6 Å². The lowest BCUT2D eigenvalue weighted by Crippen LogP contribution is -2.41. The van der Waals surface area contributed by atoms with Gasteiger partial charge in [-0.15, -0.1) is 0 Å². The van der Waals surface area contributed by atoms with Crippen molar-refractivity contribution in [2.45, 2.75) is 36.1 Å². The number of carbonyl (C=O) groups is 1. The van der Waals surface area contributed by atoms with Gasteiger partial charge in [-0.25, -0.2) is 23.2 Å². The van der Waals surface area contributed by atoms with E-state index in [0.717, 1.165) is 29.4 Å². The highest BCUT2D eigenvalue weighted by Gasteiger charge is 2.47. The van der Waals surface area contributed by atoms with Crippen molar-refractivity contribution in [3.63, 3.8) is 0 Å². The van der Waals surface area contributed by atoms with Crippen LogP contribution in [0.15, 0.2) is 59.8 Å². The van der Waals surface area contributed by atoms with Gasteiger partial charge in [0.25, 0.3) is 10.0 Å². The molecule has 1 saturated heterocycles. The highest BCUT2D eigenvalue weighted by atomic mass is 35.5. The highest BCUT2D eigenvalue weighted by Crippen LogP contribution is 2.41. The zero-order chi connectivity index (χ0) is 30.9. The number of hydroxylamine groups is 1. The van der Waals surface area contributed by atoms with Crippen LogP contribution in [0.2, 0.25) is 5.02 Å². The Morgan fingerprint density at radius 2 is 1.67 bits per heavy atom. The summed E-state index contributed by atoms with van der Waals surface area (Å²) in [4.78, 5) is 23.6. The number of nitrogens with zero attached hydrogens (tertiary/aromatic N) is 4. The second-order valence-corrected chi connectivity index (χ2v) is 11.3. The minimum Gasteiger partial charge on any atom is -0.358 e. The summed E-state index contributed by atoms with van der Waals surface area (Å²) >= 11 is 5.89. The Labute approximate surface area is 240 Å². The zero-order valence-electron chi connectivity index (χ0n) is 21.4. The molecule has 1 aliphatic rings. The molecule has 1 aromatic heterocycles. The maximum atomic E-state index is 13.8. The van der Waals surface area contributed by atoms with Crippen LogP contribution in [0, 0.1) is 0 Å². The Kier molecular flexibility index (Phi) is 8.75. The first kappa shape index (κ1) is 31.1. The van der Waals surface area contributed by atoms with Gasteiger partial charge in [0.05, 0.1) is 16.3 Å². The van der Waals surface area contributed by atoms with E-state index >= 15 is 0 Å². The summed E-state index contributed by atoms with van der Waals surface area (Å²) in [5.74, 6) is -2.49. The smallest absolute Gasteiger partial charge is 0.358 e. The molecule has 1 fully saturated rings. The van der Waals surface area contributed by atoms with Crippen LogP contribution in [0.3, 0.4) is 0 Å². The maximum absolute atomic E-state index is 13.8. The lowest BCUT2D eigenvalue weighted by Gasteiger charge is -2.30. The minimum absolute atomic E-state index is 0.0127. The van der Waals surface area contributed by atoms with Crippen molar-refractivity contribution >= 4 is 56.3 Å². The van der Waals surface area contributed by atoms with E-state index in [0.29, 0.717) is 17.8 Å². The second kappa shape index (κ2) is 11.8. The molecule has 0 radical (unpaired) electrons. The normalized spacial score (nSPS) is 16.0. The van der Waals surface area contributed by atoms with Crippen LogP contribution in [0.1, 0.15) is 12.8 Å². The number of nitrogens with one attached hydrogen (secondary N) is 2. The molecule has 18 heteroatoms. The van der Waals surface area contributed by atoms with Crippen molar-refractivity contribution in [1.82, 2.24) is 14.4 Å². The largest absolute Gasteiger partial charge is 0.492 e. The molecule has 0 aliphatic carbocycles. The maximum Gasteiger partial charge on any atom is 0.492 e. The van der Waals surface area contributed by atoms with Gasteiger partial charge in [0.1, 0.15) is 24.0 Å². The van der Waals surface area contributed by atoms with Gasteiger partial charge in [-0.3, -0.25) is 0 Å². The molecule has 0 amide bonds. The van der Waals surface area contributed by atoms with Crippen LogP contribution in [0.5, 0.6) is 0 Å². The molecule has 10 nitrogen and oxygen atoms in total. The summed E-state index contributed by atoms with van der Waals surface area (Å²) in [6, 6.07) is 8.97. The number of carbonyl (C=O) groups excluding carboxylic acids is 1. The molecule has 2 aromatic carbocycles. The van der Waals surface area contributed by atoms with Crippen LogP contribution in [0.4, 0.5) is 55.0 Å². The van der Waals surface area contributed by atoms with Crippen LogP contribution in [-0.4, -0.2) is 60.8 Å². The van der Waals surface area contributed by atoms with Crippen molar-refractivity contribution in [3.05, 3.63) is 59.9 Å². The van der Waals surface area contributed by atoms with Gasteiger partial charge in [0.15, 0.2) is 0 Å². The fourth-order valence-corrected chi connectivity index (χ4v) is 5.20.